The maximum Gasteiger partial charge on any atom is 0.170 e. The van der Waals surface area contributed by atoms with E-state index in [1.165, 1.54) is 0 Å². The van der Waals surface area contributed by atoms with Crippen LogP contribution in [-0.4, -0.2) is 56.3 Å². The number of hydrogen-bond donors (Lipinski definition) is 0. The third kappa shape index (κ3) is 2.89. The highest BCUT2D eigenvalue weighted by Gasteiger charge is 2.27. The van der Waals surface area contributed by atoms with Gasteiger partial charge in [-0.1, -0.05) is 11.2 Å². The van der Waals surface area contributed by atoms with E-state index in [0.717, 1.165) is 0 Å². The summed E-state index contributed by atoms with van der Waals surface area (Å²) in [6, 6.07) is 0. The minimum Gasteiger partial charge on any atom is -0.252 e. The lowest BCUT2D eigenvalue weighted by Crippen LogP contribution is -2.30. The SMILES string of the molecule is CN(C)P(=NPCl)(N(C)C)N(C)C. The first-order valence-electron chi connectivity index (χ1n) is 3.90. The molecule has 0 saturated heterocycles. The molecule has 0 aliphatic rings. The second-order valence-electron chi connectivity index (χ2n) is 3.26. The topological polar surface area (TPSA) is 22.1 Å². The minimum atomic E-state index is -1.71. The lowest BCUT2D eigenvalue weighted by atomic mass is 11.2. The van der Waals surface area contributed by atoms with E-state index in [1.807, 2.05) is 42.3 Å². The summed E-state index contributed by atoms with van der Waals surface area (Å²) < 4.78 is 11.0. The van der Waals surface area contributed by atoms with Crippen LogP contribution in [0, 0.1) is 0 Å². The summed E-state index contributed by atoms with van der Waals surface area (Å²) in [5, 5.41) is 0. The predicted octanol–water partition coefficient (Wildman–Crippen LogP) is 2.36. The van der Waals surface area contributed by atoms with Gasteiger partial charge in [-0.25, -0.2) is 4.52 Å². The van der Waals surface area contributed by atoms with Crippen molar-refractivity contribution in [3.63, 3.8) is 0 Å². The fourth-order valence-electron chi connectivity index (χ4n) is 1.39. The lowest BCUT2D eigenvalue weighted by Gasteiger charge is -2.40. The molecule has 0 N–H and O–H groups in total. The van der Waals surface area contributed by atoms with Crippen LogP contribution in [0.3, 0.4) is 0 Å². The first-order chi connectivity index (χ1) is 5.89. The first-order valence-corrected chi connectivity index (χ1v) is 7.45. The normalized spacial score (nSPS) is 14.0. The molecule has 0 fully saturated rings. The molecule has 0 bridgehead atoms. The van der Waals surface area contributed by atoms with Gasteiger partial charge < -0.3 is 0 Å². The zero-order chi connectivity index (χ0) is 10.6. The molecule has 0 amide bonds. The van der Waals surface area contributed by atoms with E-state index < -0.39 is 7.51 Å². The molecule has 0 aliphatic carbocycles. The summed E-state index contributed by atoms with van der Waals surface area (Å²) in [7, 11) is 10.6. The highest BCUT2D eigenvalue weighted by atomic mass is 35.7. The van der Waals surface area contributed by atoms with Crippen molar-refractivity contribution in [1.29, 1.82) is 0 Å². The van der Waals surface area contributed by atoms with E-state index in [0.29, 0.717) is 0 Å². The van der Waals surface area contributed by atoms with Crippen LogP contribution in [-0.2, 0) is 0 Å². The highest BCUT2D eigenvalue weighted by Crippen LogP contribution is 2.58. The summed E-state index contributed by atoms with van der Waals surface area (Å²) in [6.07, 6.45) is 0. The summed E-state index contributed by atoms with van der Waals surface area (Å²) in [4.78, 5) is 0. The Labute approximate surface area is 88.1 Å². The van der Waals surface area contributed by atoms with Crippen LogP contribution >= 0.6 is 26.8 Å². The van der Waals surface area contributed by atoms with Gasteiger partial charge in [-0.2, -0.15) is 0 Å². The number of halogens is 1. The van der Waals surface area contributed by atoms with E-state index in [-0.39, 0.29) is 8.08 Å². The molecule has 4 nitrogen and oxygen atoms in total. The monoisotopic (exact) mass is 244 g/mol. The van der Waals surface area contributed by atoms with E-state index in [2.05, 4.69) is 18.5 Å². The van der Waals surface area contributed by atoms with Crippen LogP contribution in [0.4, 0.5) is 0 Å². The average Bonchev–Trinajstić information content (AvgIpc) is 1.97. The van der Waals surface area contributed by atoms with Gasteiger partial charge >= 0.3 is 0 Å². The van der Waals surface area contributed by atoms with Crippen molar-refractivity contribution in [1.82, 2.24) is 14.0 Å². The molecule has 13 heavy (non-hydrogen) atoms. The Morgan fingerprint density at radius 3 is 1.31 bits per heavy atom. The van der Waals surface area contributed by atoms with Crippen molar-refractivity contribution in [2.75, 3.05) is 42.3 Å². The van der Waals surface area contributed by atoms with Gasteiger partial charge in [-0.15, -0.1) is 0 Å². The highest BCUT2D eigenvalue weighted by molar-refractivity contribution is 7.74. The molecular weight excluding hydrogens is 225 g/mol. The number of rotatable bonds is 4. The van der Waals surface area contributed by atoms with E-state index in [1.54, 1.807) is 0 Å². The molecule has 0 aromatic carbocycles. The van der Waals surface area contributed by atoms with Gasteiger partial charge in [0.15, 0.2) is 7.51 Å². The molecule has 0 saturated carbocycles. The molecule has 0 rings (SSSR count). The van der Waals surface area contributed by atoms with Gasteiger partial charge in [0, 0.05) is 0 Å². The first kappa shape index (κ1) is 13.8. The average molecular weight is 245 g/mol. The Balaban J connectivity index is 5.20. The Bertz CT molecular complexity index is 176. The number of nitrogens with zero attached hydrogens (tertiary/aromatic N) is 4. The van der Waals surface area contributed by atoms with Crippen molar-refractivity contribution in [2.24, 2.45) is 4.52 Å². The van der Waals surface area contributed by atoms with Gasteiger partial charge in [0.2, 0.25) is 0 Å². The van der Waals surface area contributed by atoms with Crippen LogP contribution in [0.5, 0.6) is 0 Å². The van der Waals surface area contributed by atoms with Gasteiger partial charge in [0.05, 0.1) is 8.08 Å². The molecule has 0 heterocycles. The smallest absolute Gasteiger partial charge is 0.170 e. The Hall–Kier alpha value is 0.830. The molecular formula is C6H19ClN4P2. The van der Waals surface area contributed by atoms with Gasteiger partial charge in [0.1, 0.15) is 0 Å². The van der Waals surface area contributed by atoms with Crippen molar-refractivity contribution in [2.45, 2.75) is 0 Å². The van der Waals surface area contributed by atoms with Crippen molar-refractivity contribution < 1.29 is 0 Å². The molecule has 0 radical (unpaired) electrons. The van der Waals surface area contributed by atoms with Crippen molar-refractivity contribution >= 4 is 26.8 Å². The Kier molecular flexibility index (Phi) is 6.01. The lowest BCUT2D eigenvalue weighted by molar-refractivity contribution is 0.476. The van der Waals surface area contributed by atoms with Crippen molar-refractivity contribution in [3.8, 4) is 0 Å². The van der Waals surface area contributed by atoms with E-state index in [4.69, 9.17) is 11.2 Å². The summed E-state index contributed by atoms with van der Waals surface area (Å²) >= 11 is 5.73. The summed E-state index contributed by atoms with van der Waals surface area (Å²) in [6.45, 7) is 0. The molecule has 0 aromatic rings. The minimum absolute atomic E-state index is 0.109. The van der Waals surface area contributed by atoms with Crippen LogP contribution in [0.25, 0.3) is 0 Å². The third-order valence-corrected chi connectivity index (χ3v) is 7.06. The molecule has 1 unspecified atom stereocenters. The second kappa shape index (κ2) is 5.65. The maximum absolute atomic E-state index is 5.73. The second-order valence-corrected chi connectivity index (χ2v) is 8.21. The third-order valence-electron chi connectivity index (χ3n) is 1.78. The quantitative estimate of drug-likeness (QED) is 0.709. The molecule has 0 aromatic heterocycles. The standard InChI is InChI=1S/C6H19ClN4P2/c1-9(2)13(8-12-7,10(3)4)11(5)6/h12H,1-6H3. The van der Waals surface area contributed by atoms with Gasteiger partial charge in [0.25, 0.3) is 0 Å². The fourth-order valence-corrected chi connectivity index (χ4v) is 7.00. The molecule has 7 heteroatoms. The maximum atomic E-state index is 5.73. The van der Waals surface area contributed by atoms with Crippen LogP contribution in [0.1, 0.15) is 0 Å². The molecule has 80 valence electrons. The van der Waals surface area contributed by atoms with Gasteiger partial charge in [-0.05, 0) is 42.3 Å². The predicted molar refractivity (Wildman–Crippen MR) is 64.6 cm³/mol. The van der Waals surface area contributed by atoms with E-state index >= 15 is 0 Å². The number of hydrogen-bond acceptors (Lipinski definition) is 1. The fraction of sp³-hybridized carbons (Fsp3) is 1.00. The molecule has 0 spiro atoms. The van der Waals surface area contributed by atoms with Gasteiger partial charge in [-0.3, -0.25) is 14.0 Å². The molecule has 0 aliphatic heterocycles. The van der Waals surface area contributed by atoms with Crippen LogP contribution < -0.4 is 0 Å². The van der Waals surface area contributed by atoms with Crippen LogP contribution in [0.2, 0.25) is 0 Å². The summed E-state index contributed by atoms with van der Waals surface area (Å²) in [5.74, 6) is 0. The Morgan fingerprint density at radius 1 is 0.923 bits per heavy atom. The zero-order valence-electron chi connectivity index (χ0n) is 9.11. The zero-order valence-corrected chi connectivity index (χ0v) is 11.8. The summed E-state index contributed by atoms with van der Waals surface area (Å²) in [5.41, 5.74) is 0. The van der Waals surface area contributed by atoms with Crippen molar-refractivity contribution in [3.05, 3.63) is 0 Å². The largest absolute Gasteiger partial charge is 0.252 e. The Morgan fingerprint density at radius 2 is 1.23 bits per heavy atom. The van der Waals surface area contributed by atoms with E-state index in [9.17, 15) is 0 Å². The molecule has 1 atom stereocenters. The van der Waals surface area contributed by atoms with Crippen LogP contribution in [0.15, 0.2) is 4.52 Å².